The third-order valence-corrected chi connectivity index (χ3v) is 2.89. The van der Waals surface area contributed by atoms with Crippen LogP contribution < -0.4 is 5.32 Å². The summed E-state index contributed by atoms with van der Waals surface area (Å²) in [5.41, 5.74) is 2.48. The molecule has 0 aliphatic rings. The molecule has 0 radical (unpaired) electrons. The number of fused-ring (bicyclic) bond motifs is 1. The number of hydrogen-bond acceptors (Lipinski definition) is 2. The average Bonchev–Trinajstić information content (AvgIpc) is 2.94. The highest BCUT2D eigenvalue weighted by atomic mass is 16.1. The predicted molar refractivity (Wildman–Crippen MR) is 80.2 cm³/mol. The van der Waals surface area contributed by atoms with Crippen molar-refractivity contribution < 1.29 is 4.79 Å². The van der Waals surface area contributed by atoms with E-state index < -0.39 is 0 Å². The first-order valence-electron chi connectivity index (χ1n) is 6.28. The van der Waals surface area contributed by atoms with Gasteiger partial charge in [0.25, 0.3) is 0 Å². The number of hydrogen-bond donors (Lipinski definition) is 2. The van der Waals surface area contributed by atoms with Gasteiger partial charge in [0.15, 0.2) is 0 Å². The summed E-state index contributed by atoms with van der Waals surface area (Å²) >= 11 is 0. The Morgan fingerprint density at radius 2 is 2.05 bits per heavy atom. The summed E-state index contributed by atoms with van der Waals surface area (Å²) in [7, 11) is 0. The number of nitrogens with zero attached hydrogens (tertiary/aromatic N) is 1. The van der Waals surface area contributed by atoms with E-state index in [0.29, 0.717) is 5.69 Å². The van der Waals surface area contributed by atoms with Crippen molar-refractivity contribution in [2.45, 2.75) is 0 Å². The first kappa shape index (κ1) is 12.2. The molecule has 0 saturated heterocycles. The van der Waals surface area contributed by atoms with Crippen molar-refractivity contribution in [3.8, 4) is 0 Å². The Kier molecular flexibility index (Phi) is 3.29. The molecule has 0 bridgehead atoms. The Bertz CT molecular complexity index is 760. The van der Waals surface area contributed by atoms with Gasteiger partial charge in [-0.3, -0.25) is 4.79 Å². The first-order chi connectivity index (χ1) is 9.81. The second kappa shape index (κ2) is 5.40. The minimum absolute atomic E-state index is 0.175. The van der Waals surface area contributed by atoms with Crippen molar-refractivity contribution in [2.24, 2.45) is 0 Å². The predicted octanol–water partition coefficient (Wildman–Crippen LogP) is 3.21. The van der Waals surface area contributed by atoms with Crippen LogP contribution in [0.2, 0.25) is 0 Å². The molecular formula is C16H13N3O. The van der Waals surface area contributed by atoms with E-state index in [1.807, 2.05) is 48.7 Å². The first-order valence-corrected chi connectivity index (χ1v) is 6.28. The molecule has 2 N–H and O–H groups in total. The number of anilines is 1. The van der Waals surface area contributed by atoms with Gasteiger partial charge in [0.1, 0.15) is 5.65 Å². The van der Waals surface area contributed by atoms with E-state index in [4.69, 9.17) is 0 Å². The van der Waals surface area contributed by atoms with Crippen LogP contribution in [0, 0.1) is 0 Å². The Morgan fingerprint density at radius 3 is 2.90 bits per heavy atom. The van der Waals surface area contributed by atoms with E-state index in [0.717, 1.165) is 16.6 Å². The van der Waals surface area contributed by atoms with Crippen LogP contribution in [0.3, 0.4) is 0 Å². The summed E-state index contributed by atoms with van der Waals surface area (Å²) in [5, 5.41) is 3.76. The maximum Gasteiger partial charge on any atom is 0.248 e. The topological polar surface area (TPSA) is 57.8 Å². The smallest absolute Gasteiger partial charge is 0.248 e. The number of nitrogens with one attached hydrogen (secondary N) is 2. The molecule has 4 heteroatoms. The number of pyridine rings is 1. The summed E-state index contributed by atoms with van der Waals surface area (Å²) in [4.78, 5) is 19.1. The van der Waals surface area contributed by atoms with Gasteiger partial charge >= 0.3 is 0 Å². The molecule has 1 amide bonds. The van der Waals surface area contributed by atoms with Gasteiger partial charge in [0, 0.05) is 17.7 Å². The van der Waals surface area contributed by atoms with Gasteiger partial charge in [-0.05, 0) is 23.8 Å². The minimum Gasteiger partial charge on any atom is -0.346 e. The van der Waals surface area contributed by atoms with Gasteiger partial charge in [-0.1, -0.05) is 30.3 Å². The Morgan fingerprint density at radius 1 is 1.20 bits per heavy atom. The van der Waals surface area contributed by atoms with E-state index in [2.05, 4.69) is 15.3 Å². The SMILES string of the molecule is O=C(C=Cc1ccccc1)Nc1cnc2[nH]ccc2c1. The lowest BCUT2D eigenvalue weighted by atomic mass is 10.2. The van der Waals surface area contributed by atoms with Crippen molar-refractivity contribution in [3.63, 3.8) is 0 Å². The highest BCUT2D eigenvalue weighted by Crippen LogP contribution is 2.15. The monoisotopic (exact) mass is 263 g/mol. The van der Waals surface area contributed by atoms with Crippen LogP contribution in [-0.2, 0) is 4.79 Å². The van der Waals surface area contributed by atoms with Crippen molar-refractivity contribution >= 4 is 28.7 Å². The summed E-state index contributed by atoms with van der Waals surface area (Å²) in [6, 6.07) is 13.5. The summed E-state index contributed by atoms with van der Waals surface area (Å²) in [6.45, 7) is 0. The zero-order chi connectivity index (χ0) is 13.8. The lowest BCUT2D eigenvalue weighted by Crippen LogP contribution is -2.07. The molecule has 98 valence electrons. The van der Waals surface area contributed by atoms with Gasteiger partial charge < -0.3 is 10.3 Å². The second-order valence-electron chi connectivity index (χ2n) is 4.37. The van der Waals surface area contributed by atoms with Crippen molar-refractivity contribution in [1.29, 1.82) is 0 Å². The highest BCUT2D eigenvalue weighted by molar-refractivity contribution is 6.02. The van der Waals surface area contributed by atoms with Gasteiger partial charge in [-0.25, -0.2) is 4.98 Å². The summed E-state index contributed by atoms with van der Waals surface area (Å²) < 4.78 is 0. The van der Waals surface area contributed by atoms with Gasteiger partial charge in [0.05, 0.1) is 11.9 Å². The zero-order valence-electron chi connectivity index (χ0n) is 10.7. The number of H-pyrrole nitrogens is 1. The molecule has 3 rings (SSSR count). The number of benzene rings is 1. The van der Waals surface area contributed by atoms with Crippen LogP contribution in [0.1, 0.15) is 5.56 Å². The van der Waals surface area contributed by atoms with Crippen molar-refractivity contribution in [1.82, 2.24) is 9.97 Å². The number of amides is 1. The maximum absolute atomic E-state index is 11.8. The minimum atomic E-state index is -0.175. The van der Waals surface area contributed by atoms with Crippen LogP contribution in [0.5, 0.6) is 0 Å². The molecule has 2 heterocycles. The van der Waals surface area contributed by atoms with Crippen molar-refractivity contribution in [3.05, 3.63) is 66.5 Å². The van der Waals surface area contributed by atoms with Gasteiger partial charge in [-0.2, -0.15) is 0 Å². The average molecular weight is 263 g/mol. The zero-order valence-corrected chi connectivity index (χ0v) is 10.7. The fraction of sp³-hybridized carbons (Fsp3) is 0. The molecule has 0 spiro atoms. The molecule has 4 nitrogen and oxygen atoms in total. The molecular weight excluding hydrogens is 250 g/mol. The quantitative estimate of drug-likeness (QED) is 0.713. The number of aromatic amines is 1. The van der Waals surface area contributed by atoms with Crippen LogP contribution in [0.15, 0.2) is 60.9 Å². The molecule has 1 aromatic carbocycles. The molecule has 0 fully saturated rings. The molecule has 20 heavy (non-hydrogen) atoms. The van der Waals surface area contributed by atoms with Crippen LogP contribution in [0.4, 0.5) is 5.69 Å². The maximum atomic E-state index is 11.8. The normalized spacial score (nSPS) is 11.0. The van der Waals surface area contributed by atoms with Gasteiger partial charge in [-0.15, -0.1) is 0 Å². The number of aromatic nitrogens is 2. The second-order valence-corrected chi connectivity index (χ2v) is 4.37. The Labute approximate surface area is 116 Å². The van der Waals surface area contributed by atoms with Crippen molar-refractivity contribution in [2.75, 3.05) is 5.32 Å². The van der Waals surface area contributed by atoms with E-state index in [1.165, 1.54) is 6.08 Å². The standard InChI is InChI=1S/C16H13N3O/c20-15(7-6-12-4-2-1-3-5-12)19-14-10-13-8-9-17-16(13)18-11-14/h1-11H,(H,17,18)(H,19,20). The number of carbonyl (C=O) groups excluding carboxylic acids is 1. The number of carbonyl (C=O) groups is 1. The van der Waals surface area contributed by atoms with E-state index >= 15 is 0 Å². The fourth-order valence-corrected chi connectivity index (χ4v) is 1.93. The van der Waals surface area contributed by atoms with Crippen LogP contribution in [0.25, 0.3) is 17.1 Å². The Balaban J connectivity index is 1.70. The third-order valence-electron chi connectivity index (χ3n) is 2.89. The summed E-state index contributed by atoms with van der Waals surface area (Å²) in [6.07, 6.45) is 6.74. The molecule has 0 atom stereocenters. The van der Waals surface area contributed by atoms with E-state index in [-0.39, 0.29) is 5.91 Å². The molecule has 0 saturated carbocycles. The van der Waals surface area contributed by atoms with E-state index in [9.17, 15) is 4.79 Å². The van der Waals surface area contributed by atoms with Crippen LogP contribution in [-0.4, -0.2) is 15.9 Å². The molecule has 3 aromatic rings. The van der Waals surface area contributed by atoms with Gasteiger partial charge in [0.2, 0.25) is 5.91 Å². The largest absolute Gasteiger partial charge is 0.346 e. The summed E-state index contributed by atoms with van der Waals surface area (Å²) in [5.74, 6) is -0.175. The fourth-order valence-electron chi connectivity index (χ4n) is 1.93. The molecule has 0 unspecified atom stereocenters. The third kappa shape index (κ3) is 2.75. The molecule has 0 aliphatic heterocycles. The molecule has 0 aliphatic carbocycles. The Hall–Kier alpha value is -2.88. The van der Waals surface area contributed by atoms with E-state index in [1.54, 1.807) is 12.3 Å². The lowest BCUT2D eigenvalue weighted by Gasteiger charge is -2.01. The highest BCUT2D eigenvalue weighted by Gasteiger charge is 2.01. The van der Waals surface area contributed by atoms with Crippen LogP contribution >= 0.6 is 0 Å². The molecule has 2 aromatic heterocycles. The lowest BCUT2D eigenvalue weighted by molar-refractivity contribution is -0.111. The number of rotatable bonds is 3.